The fourth-order valence-corrected chi connectivity index (χ4v) is 3.94. The molecule has 1 atom stereocenters. The molecule has 0 aromatic carbocycles. The maximum absolute atomic E-state index is 3.62. The van der Waals surface area contributed by atoms with Gasteiger partial charge in [-0.05, 0) is 65.0 Å². The number of nitrogens with one attached hydrogen (secondary N) is 1. The Hall–Kier alpha value is -0.160. The van der Waals surface area contributed by atoms with Gasteiger partial charge in [0.15, 0.2) is 0 Å². The fourth-order valence-electron chi connectivity index (χ4n) is 1.75. The van der Waals surface area contributed by atoms with Gasteiger partial charge in [-0.2, -0.15) is 0 Å². The van der Waals surface area contributed by atoms with E-state index in [-0.39, 0.29) is 0 Å². The Morgan fingerprint density at radius 2 is 2.24 bits per heavy atom. The normalized spacial score (nSPS) is 12.9. The van der Waals surface area contributed by atoms with Crippen LogP contribution in [0.1, 0.15) is 34.7 Å². The monoisotopic (exact) mass is 329 g/mol. The lowest BCUT2D eigenvalue weighted by atomic mass is 10.1. The highest BCUT2D eigenvalue weighted by Gasteiger charge is 2.16. The Kier molecular flexibility index (Phi) is 4.79. The highest BCUT2D eigenvalue weighted by molar-refractivity contribution is 9.11. The number of hydrogen-bond donors (Lipinski definition) is 1. The van der Waals surface area contributed by atoms with E-state index < -0.39 is 0 Å². The molecule has 0 amide bonds. The first-order valence-electron chi connectivity index (χ1n) is 5.74. The van der Waals surface area contributed by atoms with Gasteiger partial charge < -0.3 is 5.32 Å². The minimum Gasteiger partial charge on any atom is -0.306 e. The number of halogens is 1. The topological polar surface area (TPSA) is 12.0 Å². The van der Waals surface area contributed by atoms with Crippen molar-refractivity contribution in [2.45, 2.75) is 26.3 Å². The van der Waals surface area contributed by atoms with Gasteiger partial charge in [-0.25, -0.2) is 0 Å². The van der Waals surface area contributed by atoms with E-state index in [1.165, 1.54) is 19.1 Å². The maximum atomic E-state index is 3.62. The maximum Gasteiger partial charge on any atom is 0.0701 e. The summed E-state index contributed by atoms with van der Waals surface area (Å²) in [5.41, 5.74) is 1.36. The summed E-state index contributed by atoms with van der Waals surface area (Å²) in [4.78, 5) is 2.78. The summed E-state index contributed by atoms with van der Waals surface area (Å²) in [5.74, 6) is 0. The van der Waals surface area contributed by atoms with Crippen LogP contribution < -0.4 is 5.32 Å². The summed E-state index contributed by atoms with van der Waals surface area (Å²) in [6.45, 7) is 5.41. The number of rotatable bonds is 5. The Morgan fingerprint density at radius 3 is 2.76 bits per heavy atom. The molecule has 4 heteroatoms. The molecular weight excluding hydrogens is 314 g/mol. The van der Waals surface area contributed by atoms with E-state index in [2.05, 4.69) is 58.7 Å². The molecule has 0 aliphatic rings. The molecular formula is C13H16BrNS2. The Balaban J connectivity index is 2.24. The van der Waals surface area contributed by atoms with Gasteiger partial charge in [-0.3, -0.25) is 0 Å². The van der Waals surface area contributed by atoms with Crippen LogP contribution in [0, 0.1) is 6.92 Å². The van der Waals surface area contributed by atoms with E-state index in [4.69, 9.17) is 0 Å². The van der Waals surface area contributed by atoms with Gasteiger partial charge in [-0.1, -0.05) is 6.92 Å². The third-order valence-electron chi connectivity index (χ3n) is 2.57. The summed E-state index contributed by atoms with van der Waals surface area (Å²) < 4.78 is 1.20. The summed E-state index contributed by atoms with van der Waals surface area (Å²) >= 11 is 7.17. The molecule has 1 N–H and O–H groups in total. The average Bonchev–Trinajstić information content (AvgIpc) is 2.89. The van der Waals surface area contributed by atoms with Gasteiger partial charge >= 0.3 is 0 Å². The van der Waals surface area contributed by atoms with E-state index in [9.17, 15) is 0 Å². The van der Waals surface area contributed by atoms with Gasteiger partial charge in [0.2, 0.25) is 0 Å². The number of hydrogen-bond acceptors (Lipinski definition) is 3. The summed E-state index contributed by atoms with van der Waals surface area (Å²) in [5, 5.41) is 5.85. The lowest BCUT2D eigenvalue weighted by molar-refractivity contribution is 0.607. The summed E-state index contributed by atoms with van der Waals surface area (Å²) in [6, 6.07) is 6.99. The molecule has 0 aliphatic heterocycles. The second-order valence-electron chi connectivity index (χ2n) is 4.02. The van der Waals surface area contributed by atoms with Crippen molar-refractivity contribution in [3.05, 3.63) is 42.7 Å². The molecule has 0 fully saturated rings. The van der Waals surface area contributed by atoms with Crippen molar-refractivity contribution < 1.29 is 0 Å². The zero-order valence-corrected chi connectivity index (χ0v) is 13.2. The molecule has 92 valence electrons. The SMILES string of the molecule is CCCNC(c1csc(Br)c1)c1ccc(C)s1. The summed E-state index contributed by atoms with van der Waals surface area (Å²) in [7, 11) is 0. The largest absolute Gasteiger partial charge is 0.306 e. The van der Waals surface area contributed by atoms with Gasteiger partial charge in [0.05, 0.1) is 9.83 Å². The van der Waals surface area contributed by atoms with E-state index in [1.807, 2.05) is 11.3 Å². The van der Waals surface area contributed by atoms with Crippen LogP contribution in [0.2, 0.25) is 0 Å². The van der Waals surface area contributed by atoms with E-state index in [0.29, 0.717) is 6.04 Å². The third kappa shape index (κ3) is 3.41. The molecule has 0 bridgehead atoms. The zero-order valence-electron chi connectivity index (χ0n) is 10.00. The molecule has 2 rings (SSSR count). The summed E-state index contributed by atoms with van der Waals surface area (Å²) in [6.07, 6.45) is 1.16. The first-order valence-corrected chi connectivity index (χ1v) is 8.23. The molecule has 0 spiro atoms. The lowest BCUT2D eigenvalue weighted by Crippen LogP contribution is -2.21. The van der Waals surface area contributed by atoms with Crippen molar-refractivity contribution in [2.24, 2.45) is 0 Å². The Morgan fingerprint density at radius 1 is 1.41 bits per heavy atom. The highest BCUT2D eigenvalue weighted by atomic mass is 79.9. The van der Waals surface area contributed by atoms with Crippen molar-refractivity contribution >= 4 is 38.6 Å². The van der Waals surface area contributed by atoms with Gasteiger partial charge in [0, 0.05) is 9.75 Å². The van der Waals surface area contributed by atoms with Crippen LogP contribution >= 0.6 is 38.6 Å². The van der Waals surface area contributed by atoms with Crippen molar-refractivity contribution in [3.8, 4) is 0 Å². The Bertz CT molecular complexity index is 435. The molecule has 1 nitrogen and oxygen atoms in total. The molecule has 0 saturated heterocycles. The van der Waals surface area contributed by atoms with Gasteiger partial charge in [-0.15, -0.1) is 22.7 Å². The average molecular weight is 330 g/mol. The minimum absolute atomic E-state index is 0.344. The van der Waals surface area contributed by atoms with Crippen LogP contribution in [0.15, 0.2) is 27.4 Å². The number of thiophene rings is 2. The van der Waals surface area contributed by atoms with Crippen LogP contribution in [0.25, 0.3) is 0 Å². The molecule has 2 aromatic rings. The van der Waals surface area contributed by atoms with Crippen molar-refractivity contribution in [2.75, 3.05) is 6.54 Å². The van der Waals surface area contributed by atoms with E-state index in [0.717, 1.165) is 13.0 Å². The van der Waals surface area contributed by atoms with Crippen LogP contribution in [-0.2, 0) is 0 Å². The lowest BCUT2D eigenvalue weighted by Gasteiger charge is -2.15. The molecule has 2 aromatic heterocycles. The van der Waals surface area contributed by atoms with Crippen LogP contribution in [0.5, 0.6) is 0 Å². The minimum atomic E-state index is 0.344. The van der Waals surface area contributed by atoms with Crippen molar-refractivity contribution in [3.63, 3.8) is 0 Å². The van der Waals surface area contributed by atoms with Crippen LogP contribution in [0.3, 0.4) is 0 Å². The molecule has 1 unspecified atom stereocenters. The van der Waals surface area contributed by atoms with E-state index >= 15 is 0 Å². The standard InChI is InChI=1S/C13H16BrNS2/c1-3-6-15-13(10-7-12(14)16-8-10)11-5-4-9(2)17-11/h4-5,7-8,13,15H,3,6H2,1-2H3. The first kappa shape index (κ1) is 13.3. The van der Waals surface area contributed by atoms with Crippen LogP contribution in [0.4, 0.5) is 0 Å². The molecule has 0 aliphatic carbocycles. The zero-order chi connectivity index (χ0) is 12.3. The van der Waals surface area contributed by atoms with E-state index in [1.54, 1.807) is 11.3 Å². The molecule has 0 radical (unpaired) electrons. The third-order valence-corrected chi connectivity index (χ3v) is 5.15. The quantitative estimate of drug-likeness (QED) is 0.816. The Labute approximate surface area is 119 Å². The predicted molar refractivity (Wildman–Crippen MR) is 81.2 cm³/mol. The molecule has 2 heterocycles. The van der Waals surface area contributed by atoms with Crippen molar-refractivity contribution in [1.82, 2.24) is 5.32 Å². The second kappa shape index (κ2) is 6.14. The second-order valence-corrected chi connectivity index (χ2v) is 7.63. The smallest absolute Gasteiger partial charge is 0.0701 e. The predicted octanol–water partition coefficient (Wildman–Crippen LogP) is 4.97. The molecule has 17 heavy (non-hydrogen) atoms. The number of aryl methyl sites for hydroxylation is 1. The van der Waals surface area contributed by atoms with Crippen LogP contribution in [-0.4, -0.2) is 6.54 Å². The van der Waals surface area contributed by atoms with Crippen molar-refractivity contribution in [1.29, 1.82) is 0 Å². The van der Waals surface area contributed by atoms with Gasteiger partial charge in [0.1, 0.15) is 0 Å². The first-order chi connectivity index (χ1) is 8.20. The highest BCUT2D eigenvalue weighted by Crippen LogP contribution is 2.32. The van der Waals surface area contributed by atoms with Gasteiger partial charge in [0.25, 0.3) is 0 Å². The fraction of sp³-hybridized carbons (Fsp3) is 0.385. The molecule has 0 saturated carbocycles.